The van der Waals surface area contributed by atoms with E-state index < -0.39 is 0 Å². The van der Waals surface area contributed by atoms with Crippen LogP contribution in [0.25, 0.3) is 0 Å². The SMILES string of the molecule is CC1OC1(C)C=CC1OC1(C)C. The topological polar surface area (TPSA) is 25.1 Å². The highest BCUT2D eigenvalue weighted by atomic mass is 16.6. The van der Waals surface area contributed by atoms with Crippen LogP contribution in [0.15, 0.2) is 12.2 Å². The van der Waals surface area contributed by atoms with E-state index in [0.717, 1.165) is 0 Å². The summed E-state index contributed by atoms with van der Waals surface area (Å²) in [7, 11) is 0. The monoisotopic (exact) mass is 168 g/mol. The van der Waals surface area contributed by atoms with E-state index in [1.807, 2.05) is 0 Å². The van der Waals surface area contributed by atoms with Gasteiger partial charge in [0.15, 0.2) is 0 Å². The standard InChI is InChI=1S/C10H16O2/c1-7-10(4,11-7)6-5-8-9(2,3)12-8/h5-8H,1-4H3. The first-order valence-electron chi connectivity index (χ1n) is 4.49. The first-order valence-corrected chi connectivity index (χ1v) is 4.49. The van der Waals surface area contributed by atoms with Gasteiger partial charge in [-0.3, -0.25) is 0 Å². The second-order valence-corrected chi connectivity index (χ2v) is 4.44. The smallest absolute Gasteiger partial charge is 0.110 e. The Morgan fingerprint density at radius 1 is 1.17 bits per heavy atom. The number of rotatable bonds is 2. The van der Waals surface area contributed by atoms with E-state index in [1.54, 1.807) is 0 Å². The molecule has 0 aromatic heterocycles. The van der Waals surface area contributed by atoms with Crippen LogP contribution in [0.3, 0.4) is 0 Å². The molecule has 2 nitrogen and oxygen atoms in total. The van der Waals surface area contributed by atoms with Crippen molar-refractivity contribution in [2.75, 3.05) is 0 Å². The molecule has 0 aromatic carbocycles. The summed E-state index contributed by atoms with van der Waals surface area (Å²) < 4.78 is 10.8. The molecular weight excluding hydrogens is 152 g/mol. The minimum atomic E-state index is -0.0119. The normalized spacial score (nSPS) is 49.7. The lowest BCUT2D eigenvalue weighted by Crippen LogP contribution is -2.05. The number of hydrogen-bond acceptors (Lipinski definition) is 2. The molecule has 0 saturated carbocycles. The number of ether oxygens (including phenoxy) is 2. The van der Waals surface area contributed by atoms with Gasteiger partial charge in [0, 0.05) is 0 Å². The lowest BCUT2D eigenvalue weighted by molar-refractivity contribution is 0.331. The van der Waals surface area contributed by atoms with E-state index in [2.05, 4.69) is 39.8 Å². The van der Waals surface area contributed by atoms with E-state index >= 15 is 0 Å². The van der Waals surface area contributed by atoms with Crippen molar-refractivity contribution >= 4 is 0 Å². The minimum absolute atomic E-state index is 0.0119. The molecule has 2 aliphatic rings. The Bertz CT molecular complexity index is 232. The molecule has 3 unspecified atom stereocenters. The molecule has 68 valence electrons. The van der Waals surface area contributed by atoms with Gasteiger partial charge in [-0.05, 0) is 27.7 Å². The van der Waals surface area contributed by atoms with Crippen LogP contribution in [-0.4, -0.2) is 23.4 Å². The predicted molar refractivity (Wildman–Crippen MR) is 47.0 cm³/mol. The number of epoxide rings is 2. The molecule has 2 heteroatoms. The summed E-state index contributed by atoms with van der Waals surface area (Å²) in [5, 5.41) is 0. The Kier molecular flexibility index (Phi) is 1.46. The van der Waals surface area contributed by atoms with E-state index in [4.69, 9.17) is 9.47 Å². The van der Waals surface area contributed by atoms with Gasteiger partial charge in [0.25, 0.3) is 0 Å². The zero-order valence-electron chi connectivity index (χ0n) is 8.13. The van der Waals surface area contributed by atoms with Gasteiger partial charge in [-0.25, -0.2) is 0 Å². The number of hydrogen-bond donors (Lipinski definition) is 0. The molecule has 0 aromatic rings. The van der Waals surface area contributed by atoms with Crippen LogP contribution >= 0.6 is 0 Å². The van der Waals surface area contributed by atoms with Crippen LogP contribution in [0, 0.1) is 0 Å². The lowest BCUT2D eigenvalue weighted by atomic mass is 10.1. The zero-order chi connectivity index (χ0) is 8.98. The van der Waals surface area contributed by atoms with Crippen LogP contribution < -0.4 is 0 Å². The van der Waals surface area contributed by atoms with Crippen molar-refractivity contribution < 1.29 is 9.47 Å². The van der Waals surface area contributed by atoms with Crippen molar-refractivity contribution in [2.24, 2.45) is 0 Å². The quantitative estimate of drug-likeness (QED) is 0.464. The van der Waals surface area contributed by atoms with Crippen molar-refractivity contribution in [2.45, 2.75) is 51.1 Å². The average molecular weight is 168 g/mol. The van der Waals surface area contributed by atoms with Crippen LogP contribution in [-0.2, 0) is 9.47 Å². The van der Waals surface area contributed by atoms with Gasteiger partial charge in [-0.2, -0.15) is 0 Å². The third-order valence-corrected chi connectivity index (χ3v) is 2.84. The Labute approximate surface area is 73.5 Å². The third kappa shape index (κ3) is 1.29. The second-order valence-electron chi connectivity index (χ2n) is 4.44. The molecule has 0 amide bonds. The van der Waals surface area contributed by atoms with Crippen LogP contribution in [0.4, 0.5) is 0 Å². The first kappa shape index (κ1) is 8.27. The third-order valence-electron chi connectivity index (χ3n) is 2.84. The maximum Gasteiger partial charge on any atom is 0.110 e. The van der Waals surface area contributed by atoms with Gasteiger partial charge in [-0.15, -0.1) is 0 Å². The van der Waals surface area contributed by atoms with Gasteiger partial charge in [0.2, 0.25) is 0 Å². The van der Waals surface area contributed by atoms with Gasteiger partial charge >= 0.3 is 0 Å². The zero-order valence-corrected chi connectivity index (χ0v) is 8.13. The molecule has 2 heterocycles. The van der Waals surface area contributed by atoms with E-state index in [1.165, 1.54) is 0 Å². The lowest BCUT2D eigenvalue weighted by Gasteiger charge is -1.94. The fourth-order valence-corrected chi connectivity index (χ4v) is 1.36. The summed E-state index contributed by atoms with van der Waals surface area (Å²) in [6.07, 6.45) is 4.90. The van der Waals surface area contributed by atoms with Crippen LogP contribution in [0.1, 0.15) is 27.7 Å². The summed E-state index contributed by atoms with van der Waals surface area (Å²) in [5.74, 6) is 0. The molecule has 3 atom stereocenters. The Balaban J connectivity index is 1.89. The molecule has 0 bridgehead atoms. The second kappa shape index (κ2) is 2.12. The van der Waals surface area contributed by atoms with Crippen molar-refractivity contribution in [1.29, 1.82) is 0 Å². The molecule has 12 heavy (non-hydrogen) atoms. The van der Waals surface area contributed by atoms with Gasteiger partial charge in [0.1, 0.15) is 11.7 Å². The van der Waals surface area contributed by atoms with Gasteiger partial charge < -0.3 is 9.47 Å². The molecule has 2 rings (SSSR count). The molecule has 2 aliphatic heterocycles. The van der Waals surface area contributed by atoms with Crippen molar-refractivity contribution in [3.05, 3.63) is 12.2 Å². The highest BCUT2D eigenvalue weighted by Crippen LogP contribution is 2.40. The van der Waals surface area contributed by atoms with Gasteiger partial charge in [-0.1, -0.05) is 12.2 Å². The van der Waals surface area contributed by atoms with Gasteiger partial charge in [0.05, 0.1) is 11.7 Å². The maximum atomic E-state index is 5.42. The molecule has 0 radical (unpaired) electrons. The van der Waals surface area contributed by atoms with Crippen LogP contribution in [0.5, 0.6) is 0 Å². The molecular formula is C10H16O2. The molecule has 2 fully saturated rings. The summed E-state index contributed by atoms with van der Waals surface area (Å²) in [5.41, 5.74) is 0.0486. The Morgan fingerprint density at radius 2 is 1.67 bits per heavy atom. The van der Waals surface area contributed by atoms with E-state index in [9.17, 15) is 0 Å². The highest BCUT2D eigenvalue weighted by molar-refractivity contribution is 5.18. The van der Waals surface area contributed by atoms with Crippen LogP contribution in [0.2, 0.25) is 0 Å². The van der Waals surface area contributed by atoms with E-state index in [0.29, 0.717) is 12.2 Å². The molecule has 0 spiro atoms. The summed E-state index contributed by atoms with van der Waals surface area (Å²) in [6, 6.07) is 0. The molecule has 2 saturated heterocycles. The molecule has 0 N–H and O–H groups in total. The Hall–Kier alpha value is -0.340. The predicted octanol–water partition coefficient (Wildman–Crippen LogP) is 1.90. The summed E-state index contributed by atoms with van der Waals surface area (Å²) in [4.78, 5) is 0. The van der Waals surface area contributed by atoms with Crippen molar-refractivity contribution in [1.82, 2.24) is 0 Å². The summed E-state index contributed by atoms with van der Waals surface area (Å²) >= 11 is 0. The minimum Gasteiger partial charge on any atom is -0.362 e. The van der Waals surface area contributed by atoms with E-state index in [-0.39, 0.29) is 11.2 Å². The largest absolute Gasteiger partial charge is 0.362 e. The molecule has 0 aliphatic carbocycles. The first-order chi connectivity index (χ1) is 5.44. The summed E-state index contributed by atoms with van der Waals surface area (Å²) in [6.45, 7) is 8.38. The Morgan fingerprint density at radius 3 is 2.00 bits per heavy atom. The fourth-order valence-electron chi connectivity index (χ4n) is 1.36. The van der Waals surface area contributed by atoms with Crippen molar-refractivity contribution in [3.63, 3.8) is 0 Å². The maximum absolute atomic E-state index is 5.42. The highest BCUT2D eigenvalue weighted by Gasteiger charge is 2.49. The van der Waals surface area contributed by atoms with Crippen molar-refractivity contribution in [3.8, 4) is 0 Å². The fraction of sp³-hybridized carbons (Fsp3) is 0.800. The average Bonchev–Trinajstić information content (AvgIpc) is 2.72.